The van der Waals surface area contributed by atoms with E-state index in [1.807, 2.05) is 24.3 Å². The standard InChI is InChI=1S/C25H24Cl2N2O3/c26-20-8-6-19(7-9-20)24-16-28(15-18-4-2-1-3-5-18)12-13-29(24)23-11-10-21(14-22(23)27)32-17-25(30)31/h1-11,14,24H,12-13,15-17H2,(H,30,31)/t24-/m0/s1. The summed E-state index contributed by atoms with van der Waals surface area (Å²) in [5.74, 6) is -0.588. The maximum Gasteiger partial charge on any atom is 0.341 e. The van der Waals surface area contributed by atoms with Gasteiger partial charge < -0.3 is 14.7 Å². The van der Waals surface area contributed by atoms with Gasteiger partial charge in [-0.25, -0.2) is 4.79 Å². The Hall–Kier alpha value is -2.73. The molecule has 5 nitrogen and oxygen atoms in total. The molecule has 3 aromatic carbocycles. The van der Waals surface area contributed by atoms with Crippen LogP contribution < -0.4 is 9.64 Å². The van der Waals surface area contributed by atoms with Gasteiger partial charge in [0.15, 0.2) is 6.61 Å². The van der Waals surface area contributed by atoms with Crippen LogP contribution in [0.2, 0.25) is 10.0 Å². The van der Waals surface area contributed by atoms with E-state index >= 15 is 0 Å². The number of aliphatic carboxylic acids is 1. The van der Waals surface area contributed by atoms with Gasteiger partial charge in [0.25, 0.3) is 0 Å². The van der Waals surface area contributed by atoms with E-state index < -0.39 is 12.6 Å². The molecule has 0 aliphatic carbocycles. The topological polar surface area (TPSA) is 53.0 Å². The van der Waals surface area contributed by atoms with Crippen molar-refractivity contribution in [1.29, 1.82) is 0 Å². The largest absolute Gasteiger partial charge is 0.482 e. The van der Waals surface area contributed by atoms with Crippen LogP contribution in [-0.2, 0) is 11.3 Å². The number of ether oxygens (including phenoxy) is 1. The highest BCUT2D eigenvalue weighted by atomic mass is 35.5. The lowest BCUT2D eigenvalue weighted by Gasteiger charge is -2.43. The Kier molecular flexibility index (Phi) is 7.20. The van der Waals surface area contributed by atoms with Gasteiger partial charge in [0.1, 0.15) is 5.75 Å². The van der Waals surface area contributed by atoms with Crippen LogP contribution in [0.25, 0.3) is 0 Å². The molecule has 1 heterocycles. The highest BCUT2D eigenvalue weighted by Gasteiger charge is 2.30. The van der Waals surface area contributed by atoms with Crippen LogP contribution in [0.1, 0.15) is 17.2 Å². The lowest BCUT2D eigenvalue weighted by molar-refractivity contribution is -0.139. The molecule has 0 aromatic heterocycles. The summed E-state index contributed by atoms with van der Waals surface area (Å²) in [4.78, 5) is 15.5. The molecule has 4 rings (SSSR count). The molecule has 1 saturated heterocycles. The minimum Gasteiger partial charge on any atom is -0.482 e. The van der Waals surface area contributed by atoms with Gasteiger partial charge in [-0.3, -0.25) is 4.90 Å². The maximum absolute atomic E-state index is 10.8. The summed E-state index contributed by atoms with van der Waals surface area (Å²) in [7, 11) is 0. The van der Waals surface area contributed by atoms with E-state index in [1.54, 1.807) is 12.1 Å². The molecule has 0 spiro atoms. The van der Waals surface area contributed by atoms with Crippen LogP contribution >= 0.6 is 23.2 Å². The predicted octanol–water partition coefficient (Wildman–Crippen LogP) is 5.52. The van der Waals surface area contributed by atoms with E-state index in [2.05, 4.69) is 46.2 Å². The monoisotopic (exact) mass is 470 g/mol. The summed E-state index contributed by atoms with van der Waals surface area (Å²) in [6, 6.07) is 23.8. The molecule has 1 aliphatic rings. The smallest absolute Gasteiger partial charge is 0.341 e. The number of rotatable bonds is 7. The summed E-state index contributed by atoms with van der Waals surface area (Å²) in [5, 5.41) is 10.1. The Morgan fingerprint density at radius 3 is 2.44 bits per heavy atom. The van der Waals surface area contributed by atoms with Crippen molar-refractivity contribution in [1.82, 2.24) is 4.90 Å². The Bertz CT molecular complexity index is 1060. The van der Waals surface area contributed by atoms with E-state index in [9.17, 15) is 4.79 Å². The molecule has 1 N–H and O–H groups in total. The number of nitrogens with zero attached hydrogens (tertiary/aromatic N) is 2. The van der Waals surface area contributed by atoms with Crippen LogP contribution in [0.15, 0.2) is 72.8 Å². The molecule has 32 heavy (non-hydrogen) atoms. The SMILES string of the molecule is O=C(O)COc1ccc(N2CCN(Cc3ccccc3)C[C@H]2c2ccc(Cl)cc2)c(Cl)c1. The molecule has 3 aromatic rings. The molecule has 0 radical (unpaired) electrons. The van der Waals surface area contributed by atoms with Crippen molar-refractivity contribution < 1.29 is 14.6 Å². The Morgan fingerprint density at radius 1 is 1.00 bits per heavy atom. The minimum atomic E-state index is -1.03. The van der Waals surface area contributed by atoms with Crippen molar-refractivity contribution in [3.05, 3.63) is 94.0 Å². The average molecular weight is 471 g/mol. The average Bonchev–Trinajstić information content (AvgIpc) is 2.79. The third kappa shape index (κ3) is 5.54. The van der Waals surface area contributed by atoms with Crippen molar-refractivity contribution in [2.24, 2.45) is 0 Å². The fraction of sp³-hybridized carbons (Fsp3) is 0.240. The quantitative estimate of drug-likeness (QED) is 0.492. The summed E-state index contributed by atoms with van der Waals surface area (Å²) < 4.78 is 5.27. The molecule has 0 saturated carbocycles. The first-order valence-corrected chi connectivity index (χ1v) is 11.2. The number of carbonyl (C=O) groups is 1. The number of benzene rings is 3. The second kappa shape index (κ2) is 10.3. The zero-order valence-electron chi connectivity index (χ0n) is 17.5. The lowest BCUT2D eigenvalue weighted by Crippen LogP contribution is -2.48. The first kappa shape index (κ1) is 22.5. The summed E-state index contributed by atoms with van der Waals surface area (Å²) >= 11 is 12.8. The third-order valence-electron chi connectivity index (χ3n) is 5.56. The maximum atomic E-state index is 10.8. The first-order chi connectivity index (χ1) is 15.5. The number of hydrogen-bond donors (Lipinski definition) is 1. The number of hydrogen-bond acceptors (Lipinski definition) is 4. The van der Waals surface area contributed by atoms with Crippen molar-refractivity contribution >= 4 is 34.9 Å². The van der Waals surface area contributed by atoms with Gasteiger partial charge >= 0.3 is 5.97 Å². The first-order valence-electron chi connectivity index (χ1n) is 10.4. The highest BCUT2D eigenvalue weighted by molar-refractivity contribution is 6.33. The van der Waals surface area contributed by atoms with Gasteiger partial charge in [-0.2, -0.15) is 0 Å². The van der Waals surface area contributed by atoms with Crippen molar-refractivity contribution in [3.8, 4) is 5.75 Å². The molecule has 166 valence electrons. The second-order valence-electron chi connectivity index (χ2n) is 7.78. The lowest BCUT2D eigenvalue weighted by atomic mass is 10.0. The van der Waals surface area contributed by atoms with Gasteiger partial charge in [-0.15, -0.1) is 0 Å². The van der Waals surface area contributed by atoms with Gasteiger partial charge in [0.05, 0.1) is 16.8 Å². The van der Waals surface area contributed by atoms with Crippen LogP contribution in [-0.4, -0.2) is 42.2 Å². The van der Waals surface area contributed by atoms with E-state index in [1.165, 1.54) is 5.56 Å². The Labute approximate surface area is 197 Å². The Morgan fingerprint density at radius 2 is 1.75 bits per heavy atom. The van der Waals surface area contributed by atoms with Crippen LogP contribution in [0.5, 0.6) is 5.75 Å². The zero-order valence-corrected chi connectivity index (χ0v) is 19.0. The number of anilines is 1. The van der Waals surface area contributed by atoms with Gasteiger partial charge in [0.2, 0.25) is 0 Å². The zero-order chi connectivity index (χ0) is 22.5. The van der Waals surface area contributed by atoms with Crippen molar-refractivity contribution in [3.63, 3.8) is 0 Å². The molecular formula is C25H24Cl2N2O3. The van der Waals surface area contributed by atoms with Gasteiger partial charge in [-0.1, -0.05) is 65.7 Å². The summed E-state index contributed by atoms with van der Waals surface area (Å²) in [6.07, 6.45) is 0. The molecular weight excluding hydrogens is 447 g/mol. The predicted molar refractivity (Wildman–Crippen MR) is 128 cm³/mol. The van der Waals surface area contributed by atoms with Crippen LogP contribution in [0.3, 0.4) is 0 Å². The fourth-order valence-corrected chi connectivity index (χ4v) is 4.44. The van der Waals surface area contributed by atoms with E-state index in [0.29, 0.717) is 15.8 Å². The van der Waals surface area contributed by atoms with E-state index in [0.717, 1.165) is 37.4 Å². The van der Waals surface area contributed by atoms with Crippen LogP contribution in [0, 0.1) is 0 Å². The second-order valence-corrected chi connectivity index (χ2v) is 8.62. The van der Waals surface area contributed by atoms with Crippen LogP contribution in [0.4, 0.5) is 5.69 Å². The van der Waals surface area contributed by atoms with E-state index in [4.69, 9.17) is 33.0 Å². The van der Waals surface area contributed by atoms with Crippen molar-refractivity contribution in [2.75, 3.05) is 31.1 Å². The Balaban J connectivity index is 1.58. The van der Waals surface area contributed by atoms with Gasteiger partial charge in [-0.05, 0) is 35.4 Å². The molecule has 1 fully saturated rings. The molecule has 1 atom stereocenters. The van der Waals surface area contributed by atoms with Gasteiger partial charge in [0, 0.05) is 37.3 Å². The summed E-state index contributed by atoms with van der Waals surface area (Å²) in [6.45, 7) is 3.02. The highest BCUT2D eigenvalue weighted by Crippen LogP contribution is 2.37. The molecule has 7 heteroatoms. The number of carboxylic acids is 1. The summed E-state index contributed by atoms with van der Waals surface area (Å²) in [5.41, 5.74) is 3.34. The number of carboxylic acid groups (broad SMARTS) is 1. The fourth-order valence-electron chi connectivity index (χ4n) is 4.04. The third-order valence-corrected chi connectivity index (χ3v) is 6.11. The molecule has 1 aliphatic heterocycles. The number of halogens is 2. The number of piperazine rings is 1. The van der Waals surface area contributed by atoms with Crippen molar-refractivity contribution in [2.45, 2.75) is 12.6 Å². The molecule has 0 amide bonds. The molecule has 0 bridgehead atoms. The molecule has 0 unspecified atom stereocenters. The van der Waals surface area contributed by atoms with E-state index in [-0.39, 0.29) is 6.04 Å². The minimum absolute atomic E-state index is 0.0908. The normalized spacial score (nSPS) is 16.7.